The van der Waals surface area contributed by atoms with Crippen LogP contribution in [0.5, 0.6) is 0 Å². The van der Waals surface area contributed by atoms with Crippen molar-refractivity contribution < 1.29 is 28.8 Å². The van der Waals surface area contributed by atoms with Gasteiger partial charge in [-0.1, -0.05) is 36.6 Å². The summed E-state index contributed by atoms with van der Waals surface area (Å²) in [5.74, 6) is -1.99. The van der Waals surface area contributed by atoms with Gasteiger partial charge in [-0.15, -0.1) is 0 Å². The predicted molar refractivity (Wildman–Crippen MR) is 158 cm³/mol. The second kappa shape index (κ2) is 11.2. The number of nitro groups is 1. The molecule has 2 heterocycles. The third-order valence-corrected chi connectivity index (χ3v) is 8.18. The first-order valence-corrected chi connectivity index (χ1v) is 14.1. The molecule has 0 unspecified atom stereocenters. The zero-order valence-corrected chi connectivity index (χ0v) is 23.3. The minimum atomic E-state index is -0.720. The molecule has 2 aliphatic rings. The highest BCUT2D eigenvalue weighted by Gasteiger charge is 2.48. The number of amides is 2. The molecule has 2 atom stereocenters. The lowest BCUT2D eigenvalue weighted by atomic mass is 9.81. The van der Waals surface area contributed by atoms with Gasteiger partial charge in [-0.2, -0.15) is 0 Å². The minimum Gasteiger partial charge on any atom is -0.454 e. The van der Waals surface area contributed by atoms with Crippen LogP contribution >= 0.6 is 0 Å². The summed E-state index contributed by atoms with van der Waals surface area (Å²) in [4.78, 5) is 68.3. The van der Waals surface area contributed by atoms with Gasteiger partial charge in [0.2, 0.25) is 11.8 Å². The van der Waals surface area contributed by atoms with Gasteiger partial charge in [0, 0.05) is 28.6 Å². The monoisotopic (exact) mass is 577 g/mol. The summed E-state index contributed by atoms with van der Waals surface area (Å²) >= 11 is 0. The molecule has 1 saturated carbocycles. The molecule has 10 heteroatoms. The molecular formula is C33H27N3O7. The van der Waals surface area contributed by atoms with Crippen molar-refractivity contribution in [3.05, 3.63) is 99.6 Å². The number of fused-ring (bicyclic) bond motifs is 2. The van der Waals surface area contributed by atoms with Crippen molar-refractivity contribution in [1.29, 1.82) is 0 Å². The number of aromatic nitrogens is 1. The molecule has 2 amide bonds. The third-order valence-electron chi connectivity index (χ3n) is 8.18. The molecule has 43 heavy (non-hydrogen) atoms. The topological polar surface area (TPSA) is 137 Å². The number of benzene rings is 3. The van der Waals surface area contributed by atoms with Gasteiger partial charge in [-0.3, -0.25) is 29.4 Å². The van der Waals surface area contributed by atoms with Crippen molar-refractivity contribution >= 4 is 45.8 Å². The van der Waals surface area contributed by atoms with E-state index < -0.39 is 23.3 Å². The Morgan fingerprint density at radius 1 is 0.930 bits per heavy atom. The van der Waals surface area contributed by atoms with Gasteiger partial charge in [0.1, 0.15) is 0 Å². The van der Waals surface area contributed by atoms with E-state index in [1.807, 2.05) is 19.1 Å². The average molecular weight is 578 g/mol. The van der Waals surface area contributed by atoms with E-state index in [-0.39, 0.29) is 40.5 Å². The quantitative estimate of drug-likeness (QED) is 0.0879. The van der Waals surface area contributed by atoms with Crippen LogP contribution in [0.1, 0.15) is 52.0 Å². The van der Waals surface area contributed by atoms with Crippen LogP contribution in [0, 0.1) is 28.9 Å². The number of non-ortho nitro benzene ring substituents is 1. The Balaban J connectivity index is 1.26. The van der Waals surface area contributed by atoms with Crippen LogP contribution in [0.15, 0.2) is 72.8 Å². The number of rotatable bonds is 7. The van der Waals surface area contributed by atoms with E-state index in [1.54, 1.807) is 36.4 Å². The summed E-state index contributed by atoms with van der Waals surface area (Å²) in [6.45, 7) is 1.34. The normalized spacial score (nSPS) is 18.0. The van der Waals surface area contributed by atoms with Gasteiger partial charge >= 0.3 is 5.97 Å². The zero-order valence-electron chi connectivity index (χ0n) is 23.3. The summed E-state index contributed by atoms with van der Waals surface area (Å²) in [6, 6.07) is 19.1. The molecule has 1 aliphatic heterocycles. The minimum absolute atomic E-state index is 0.144. The first kappa shape index (κ1) is 27.9. The fourth-order valence-electron chi connectivity index (χ4n) is 5.92. The Labute approximate surface area is 246 Å². The number of ketones is 1. The van der Waals surface area contributed by atoms with E-state index in [4.69, 9.17) is 9.72 Å². The number of nitro benzene ring substituents is 1. The summed E-state index contributed by atoms with van der Waals surface area (Å²) < 4.78 is 5.39. The lowest BCUT2D eigenvalue weighted by molar-refractivity contribution is -0.384. The smallest absolute Gasteiger partial charge is 0.339 e. The zero-order chi connectivity index (χ0) is 30.2. The summed E-state index contributed by atoms with van der Waals surface area (Å²) in [7, 11) is 0. The number of Topliss-reactive ketones (excluding diaryl/α,β-unsaturated/α-hetero) is 1. The maximum Gasteiger partial charge on any atom is 0.339 e. The van der Waals surface area contributed by atoms with E-state index in [2.05, 4.69) is 0 Å². The molecule has 0 radical (unpaired) electrons. The summed E-state index contributed by atoms with van der Waals surface area (Å²) in [5, 5.41) is 11.4. The van der Waals surface area contributed by atoms with Crippen LogP contribution in [-0.4, -0.2) is 40.1 Å². The van der Waals surface area contributed by atoms with Crippen LogP contribution in [0.4, 0.5) is 11.4 Å². The van der Waals surface area contributed by atoms with Crippen molar-refractivity contribution in [3.8, 4) is 11.3 Å². The molecule has 0 bridgehead atoms. The molecule has 1 saturated heterocycles. The molecule has 6 rings (SSSR count). The fourth-order valence-corrected chi connectivity index (χ4v) is 5.92. The van der Waals surface area contributed by atoms with Crippen LogP contribution in [-0.2, 0) is 14.3 Å². The first-order valence-electron chi connectivity index (χ1n) is 14.1. The second-order valence-electron chi connectivity index (χ2n) is 10.9. The first-order chi connectivity index (χ1) is 20.7. The second-order valence-corrected chi connectivity index (χ2v) is 10.9. The van der Waals surface area contributed by atoms with Gasteiger partial charge < -0.3 is 4.74 Å². The Bertz CT molecular complexity index is 1770. The number of pyridine rings is 1. The Morgan fingerprint density at radius 3 is 2.21 bits per heavy atom. The van der Waals surface area contributed by atoms with Gasteiger partial charge in [0.25, 0.3) is 5.69 Å². The molecule has 216 valence electrons. The maximum absolute atomic E-state index is 13.3. The van der Waals surface area contributed by atoms with Crippen molar-refractivity contribution in [2.45, 2.75) is 32.6 Å². The van der Waals surface area contributed by atoms with E-state index in [1.165, 1.54) is 29.2 Å². The van der Waals surface area contributed by atoms with Crippen LogP contribution in [0.3, 0.4) is 0 Å². The van der Waals surface area contributed by atoms with Crippen LogP contribution in [0.2, 0.25) is 0 Å². The summed E-state index contributed by atoms with van der Waals surface area (Å²) in [5.41, 5.74) is 3.36. The number of carbonyl (C=O) groups excluding carboxylic acids is 4. The number of anilines is 1. The molecule has 3 aromatic carbocycles. The Hall–Kier alpha value is -5.25. The van der Waals surface area contributed by atoms with Gasteiger partial charge in [-0.05, 0) is 62.2 Å². The van der Waals surface area contributed by atoms with Crippen molar-refractivity contribution in [2.24, 2.45) is 11.8 Å². The SMILES string of the molecule is Cc1ccc2nc(-c3ccc(N4C(=O)[C@@H]5CCCC[C@H]5C4=O)cc3)cc(C(=O)OCC(=O)c3ccc([N+](=O)[O-])cc3)c2c1. The molecule has 4 aromatic rings. The highest BCUT2D eigenvalue weighted by Crippen LogP contribution is 2.40. The number of nitrogens with zero attached hydrogens (tertiary/aromatic N) is 3. The predicted octanol–water partition coefficient (Wildman–Crippen LogP) is 5.84. The van der Waals surface area contributed by atoms with Crippen molar-refractivity contribution in [2.75, 3.05) is 11.5 Å². The molecule has 10 nitrogen and oxygen atoms in total. The van der Waals surface area contributed by atoms with Crippen LogP contribution in [0.25, 0.3) is 22.2 Å². The fraction of sp³-hybridized carbons (Fsp3) is 0.242. The van der Waals surface area contributed by atoms with E-state index >= 15 is 0 Å². The standard InChI is InChI=1S/C33H27N3O7/c1-19-6-15-28-26(16-19)27(33(40)43-18-30(37)21-9-13-23(14-10-21)36(41)42)17-29(34-28)20-7-11-22(12-8-20)35-31(38)24-4-2-3-5-25(24)32(35)39/h6-17,24-25H,2-5,18H2,1H3/t24-,25-/m1/s1. The maximum atomic E-state index is 13.3. The van der Waals surface area contributed by atoms with E-state index in [9.17, 15) is 29.3 Å². The highest BCUT2D eigenvalue weighted by molar-refractivity contribution is 6.22. The summed E-state index contributed by atoms with van der Waals surface area (Å²) in [6.07, 6.45) is 3.39. The lowest BCUT2D eigenvalue weighted by Gasteiger charge is -2.19. The molecule has 1 aromatic heterocycles. The molecule has 0 N–H and O–H groups in total. The Morgan fingerprint density at radius 2 is 1.58 bits per heavy atom. The number of carbonyl (C=O) groups is 4. The van der Waals surface area contributed by atoms with Crippen LogP contribution < -0.4 is 4.90 Å². The average Bonchev–Trinajstić information content (AvgIpc) is 3.28. The number of ether oxygens (including phenoxy) is 1. The number of esters is 1. The third kappa shape index (κ3) is 5.27. The number of imide groups is 1. The van der Waals surface area contributed by atoms with Gasteiger partial charge in [-0.25, -0.2) is 9.78 Å². The lowest BCUT2D eigenvalue weighted by Crippen LogP contribution is -2.30. The highest BCUT2D eigenvalue weighted by atomic mass is 16.6. The van der Waals surface area contributed by atoms with E-state index in [0.717, 1.165) is 31.2 Å². The molecule has 1 aliphatic carbocycles. The van der Waals surface area contributed by atoms with Crippen molar-refractivity contribution in [1.82, 2.24) is 4.98 Å². The van der Waals surface area contributed by atoms with Gasteiger partial charge in [0.05, 0.1) is 39.2 Å². The molecule has 0 spiro atoms. The van der Waals surface area contributed by atoms with Gasteiger partial charge in [0.15, 0.2) is 12.4 Å². The molecular weight excluding hydrogens is 550 g/mol. The number of hydrogen-bond acceptors (Lipinski definition) is 8. The largest absolute Gasteiger partial charge is 0.454 e. The Kier molecular flexibility index (Phi) is 7.27. The number of aryl methyl sites for hydroxylation is 1. The van der Waals surface area contributed by atoms with Crippen molar-refractivity contribution in [3.63, 3.8) is 0 Å². The van der Waals surface area contributed by atoms with E-state index in [0.29, 0.717) is 27.8 Å². The molecule has 2 fully saturated rings. The number of hydrogen-bond donors (Lipinski definition) is 0.